The zero-order valence-corrected chi connectivity index (χ0v) is 11.1. The SMILES string of the molecule is CCC(=O)C(=O)On1cc(O)c2c(Br)cccc21. The van der Waals surface area contributed by atoms with E-state index in [0.717, 1.165) is 4.73 Å². The van der Waals surface area contributed by atoms with Crippen LogP contribution in [0.2, 0.25) is 0 Å². The number of ketones is 1. The van der Waals surface area contributed by atoms with Crippen molar-refractivity contribution in [2.45, 2.75) is 13.3 Å². The number of halogens is 1. The third-order valence-corrected chi connectivity index (χ3v) is 3.12. The summed E-state index contributed by atoms with van der Waals surface area (Å²) in [7, 11) is 0. The summed E-state index contributed by atoms with van der Waals surface area (Å²) in [5.74, 6) is -1.60. The molecule has 0 aliphatic rings. The normalized spacial score (nSPS) is 10.6. The van der Waals surface area contributed by atoms with Crippen LogP contribution in [0.5, 0.6) is 5.75 Å². The first kappa shape index (κ1) is 12.6. The Bertz CT molecular complexity index is 632. The van der Waals surface area contributed by atoms with Crippen molar-refractivity contribution >= 4 is 38.6 Å². The van der Waals surface area contributed by atoms with Crippen LogP contribution in [0, 0.1) is 0 Å². The molecule has 0 aliphatic carbocycles. The van der Waals surface area contributed by atoms with Gasteiger partial charge < -0.3 is 9.94 Å². The molecular weight excluding hydrogens is 302 g/mol. The minimum Gasteiger partial charge on any atom is -0.506 e. The van der Waals surface area contributed by atoms with E-state index in [0.29, 0.717) is 15.4 Å². The second kappa shape index (κ2) is 4.81. The number of aromatic nitrogens is 1. The molecule has 0 saturated carbocycles. The van der Waals surface area contributed by atoms with Gasteiger partial charge >= 0.3 is 5.97 Å². The van der Waals surface area contributed by atoms with E-state index in [-0.39, 0.29) is 12.2 Å². The Morgan fingerprint density at radius 1 is 1.44 bits per heavy atom. The van der Waals surface area contributed by atoms with Crippen molar-refractivity contribution in [3.63, 3.8) is 0 Å². The van der Waals surface area contributed by atoms with Gasteiger partial charge in [0.05, 0.1) is 17.1 Å². The van der Waals surface area contributed by atoms with Crippen LogP contribution in [0.4, 0.5) is 0 Å². The Balaban J connectivity index is 2.44. The highest BCUT2D eigenvalue weighted by Gasteiger charge is 2.17. The molecule has 0 bridgehead atoms. The first-order chi connectivity index (χ1) is 8.54. The van der Waals surface area contributed by atoms with Crippen LogP contribution in [-0.2, 0) is 9.59 Å². The van der Waals surface area contributed by atoms with Gasteiger partial charge in [0.1, 0.15) is 5.75 Å². The van der Waals surface area contributed by atoms with Crippen LogP contribution in [0.15, 0.2) is 28.9 Å². The van der Waals surface area contributed by atoms with Crippen LogP contribution in [-0.4, -0.2) is 21.6 Å². The van der Waals surface area contributed by atoms with Crippen molar-refractivity contribution in [1.82, 2.24) is 4.73 Å². The summed E-state index contributed by atoms with van der Waals surface area (Å²) in [5.41, 5.74) is 0.499. The summed E-state index contributed by atoms with van der Waals surface area (Å²) in [6.45, 7) is 1.57. The van der Waals surface area contributed by atoms with E-state index in [2.05, 4.69) is 15.9 Å². The van der Waals surface area contributed by atoms with Gasteiger partial charge in [0.15, 0.2) is 0 Å². The number of rotatable bonds is 3. The highest BCUT2D eigenvalue weighted by molar-refractivity contribution is 9.10. The second-order valence-electron chi connectivity index (χ2n) is 3.63. The smallest absolute Gasteiger partial charge is 0.399 e. The number of hydrogen-bond donors (Lipinski definition) is 1. The van der Waals surface area contributed by atoms with Gasteiger partial charge in [0, 0.05) is 10.9 Å². The Hall–Kier alpha value is -1.82. The number of carbonyl (C=O) groups excluding carboxylic acids is 2. The highest BCUT2D eigenvalue weighted by Crippen LogP contribution is 2.32. The summed E-state index contributed by atoms with van der Waals surface area (Å²) in [5, 5.41) is 10.3. The minimum atomic E-state index is -0.950. The van der Waals surface area contributed by atoms with Gasteiger partial charge in [-0.1, -0.05) is 13.0 Å². The number of fused-ring (bicyclic) bond motifs is 1. The van der Waals surface area contributed by atoms with E-state index in [1.54, 1.807) is 25.1 Å². The van der Waals surface area contributed by atoms with Gasteiger partial charge in [0.25, 0.3) is 0 Å². The molecule has 0 radical (unpaired) electrons. The predicted molar refractivity (Wildman–Crippen MR) is 68.2 cm³/mol. The lowest BCUT2D eigenvalue weighted by Crippen LogP contribution is -2.26. The van der Waals surface area contributed by atoms with E-state index in [4.69, 9.17) is 4.84 Å². The average Bonchev–Trinajstić information content (AvgIpc) is 2.66. The molecule has 1 aromatic heterocycles. The Labute approximate surface area is 111 Å². The number of hydrogen-bond acceptors (Lipinski definition) is 4. The quantitative estimate of drug-likeness (QED) is 0.881. The minimum absolute atomic E-state index is 0.0331. The van der Waals surface area contributed by atoms with Gasteiger partial charge in [-0.15, -0.1) is 0 Å². The molecule has 5 nitrogen and oxygen atoms in total. The topological polar surface area (TPSA) is 68.5 Å². The summed E-state index contributed by atoms with van der Waals surface area (Å²) < 4.78 is 1.76. The second-order valence-corrected chi connectivity index (χ2v) is 4.48. The Morgan fingerprint density at radius 3 is 2.83 bits per heavy atom. The Kier molecular flexibility index (Phi) is 3.38. The lowest BCUT2D eigenvalue weighted by molar-refractivity contribution is -0.153. The van der Waals surface area contributed by atoms with Gasteiger partial charge in [-0.25, -0.2) is 4.79 Å². The van der Waals surface area contributed by atoms with Crippen molar-refractivity contribution < 1.29 is 19.5 Å². The molecule has 0 aliphatic heterocycles. The lowest BCUT2D eigenvalue weighted by atomic mass is 10.2. The number of nitrogens with zero attached hydrogens (tertiary/aromatic N) is 1. The number of carbonyl (C=O) groups is 2. The average molecular weight is 312 g/mol. The molecule has 0 saturated heterocycles. The molecule has 6 heteroatoms. The maximum Gasteiger partial charge on any atom is 0.399 e. The van der Waals surface area contributed by atoms with E-state index in [1.807, 2.05) is 0 Å². The first-order valence-electron chi connectivity index (χ1n) is 5.28. The summed E-state index contributed by atoms with van der Waals surface area (Å²) in [6.07, 6.45) is 1.32. The predicted octanol–water partition coefficient (Wildman–Crippen LogP) is 2.04. The van der Waals surface area contributed by atoms with Gasteiger partial charge in [0.2, 0.25) is 5.78 Å². The largest absolute Gasteiger partial charge is 0.506 e. The summed E-state index contributed by atoms with van der Waals surface area (Å²) in [6, 6.07) is 5.16. The van der Waals surface area contributed by atoms with Gasteiger partial charge in [-0.3, -0.25) is 4.79 Å². The first-order valence-corrected chi connectivity index (χ1v) is 6.08. The molecule has 2 aromatic rings. The molecule has 1 heterocycles. The summed E-state index contributed by atoms with van der Waals surface area (Å²) >= 11 is 3.29. The molecular formula is C12H10BrNO4. The van der Waals surface area contributed by atoms with Crippen molar-refractivity contribution in [2.24, 2.45) is 0 Å². The van der Waals surface area contributed by atoms with Crippen LogP contribution < -0.4 is 4.84 Å². The van der Waals surface area contributed by atoms with E-state index >= 15 is 0 Å². The molecule has 0 atom stereocenters. The van der Waals surface area contributed by atoms with Gasteiger partial charge in [-0.2, -0.15) is 4.73 Å². The lowest BCUT2D eigenvalue weighted by Gasteiger charge is -2.04. The number of benzene rings is 1. The molecule has 1 aromatic carbocycles. The van der Waals surface area contributed by atoms with Crippen molar-refractivity contribution in [1.29, 1.82) is 0 Å². The zero-order valence-electron chi connectivity index (χ0n) is 9.51. The number of aromatic hydroxyl groups is 1. The van der Waals surface area contributed by atoms with Crippen LogP contribution in [0.3, 0.4) is 0 Å². The van der Waals surface area contributed by atoms with Crippen molar-refractivity contribution in [3.05, 3.63) is 28.9 Å². The molecule has 0 amide bonds. The molecule has 1 N–H and O–H groups in total. The van der Waals surface area contributed by atoms with Crippen molar-refractivity contribution in [3.8, 4) is 5.75 Å². The number of Topliss-reactive ketones (excluding diaryl/α,β-unsaturated/α-hetero) is 1. The monoisotopic (exact) mass is 311 g/mol. The van der Waals surface area contributed by atoms with Crippen molar-refractivity contribution in [2.75, 3.05) is 0 Å². The standard InChI is InChI=1S/C12H10BrNO4/c1-2-9(15)12(17)18-14-6-10(16)11-7(13)4-3-5-8(11)14/h3-6,16H,2H2,1H3. The maximum atomic E-state index is 11.4. The molecule has 18 heavy (non-hydrogen) atoms. The molecule has 0 spiro atoms. The fraction of sp³-hybridized carbons (Fsp3) is 0.167. The van der Waals surface area contributed by atoms with E-state index < -0.39 is 11.8 Å². The van der Waals surface area contributed by atoms with Crippen LogP contribution in [0.1, 0.15) is 13.3 Å². The zero-order chi connectivity index (χ0) is 13.3. The molecule has 0 unspecified atom stereocenters. The van der Waals surface area contributed by atoms with E-state index in [9.17, 15) is 14.7 Å². The fourth-order valence-electron chi connectivity index (χ4n) is 1.56. The third kappa shape index (κ3) is 2.11. The highest BCUT2D eigenvalue weighted by atomic mass is 79.9. The Morgan fingerprint density at radius 2 is 2.17 bits per heavy atom. The van der Waals surface area contributed by atoms with Gasteiger partial charge in [-0.05, 0) is 28.1 Å². The maximum absolute atomic E-state index is 11.4. The van der Waals surface area contributed by atoms with Crippen LogP contribution >= 0.6 is 15.9 Å². The van der Waals surface area contributed by atoms with E-state index in [1.165, 1.54) is 6.20 Å². The summed E-state index contributed by atoms with van der Waals surface area (Å²) in [4.78, 5) is 27.5. The van der Waals surface area contributed by atoms with Crippen LogP contribution in [0.25, 0.3) is 10.9 Å². The third-order valence-electron chi connectivity index (χ3n) is 2.45. The molecule has 0 fully saturated rings. The molecule has 2 rings (SSSR count). The fourth-order valence-corrected chi connectivity index (χ4v) is 2.11. The molecule has 94 valence electrons.